The minimum absolute atomic E-state index is 0.0968. The third kappa shape index (κ3) is 9.17. The van der Waals surface area contributed by atoms with E-state index < -0.39 is 25.6 Å². The first-order valence-corrected chi connectivity index (χ1v) is 13.2. The van der Waals surface area contributed by atoms with Gasteiger partial charge in [0.25, 0.3) is 0 Å². The summed E-state index contributed by atoms with van der Waals surface area (Å²) in [5.74, 6) is -0.612. The smallest absolute Gasteiger partial charge is 0.423 e. The Kier molecular flexibility index (Phi) is 9.75. The molecular formula is C29H29BF6N2O4. The van der Waals surface area contributed by atoms with Gasteiger partial charge in [-0.25, -0.2) is 0 Å². The van der Waals surface area contributed by atoms with Crippen molar-refractivity contribution in [1.82, 2.24) is 9.88 Å². The van der Waals surface area contributed by atoms with Gasteiger partial charge in [0.1, 0.15) is 11.5 Å². The van der Waals surface area contributed by atoms with E-state index in [4.69, 9.17) is 10.0 Å². The van der Waals surface area contributed by atoms with Crippen molar-refractivity contribution in [3.63, 3.8) is 0 Å². The Hall–Kier alpha value is -3.68. The summed E-state index contributed by atoms with van der Waals surface area (Å²) in [6.07, 6.45) is -5.86. The number of rotatable bonds is 7. The molecule has 6 nitrogen and oxygen atoms in total. The molecule has 0 spiro atoms. The van der Waals surface area contributed by atoms with Crippen LogP contribution in [-0.4, -0.2) is 58.9 Å². The standard InChI is InChI=1S/C22H23F3N2O.C7H6BF3O3/c1-15-3-2-11-27(15)12-10-19-14-18-13-17(6-9-21(18)26-19)16-4-7-20(8-5-16)28-22(23,24)25;9-7(10,11)14-6-3-1-5(2-4-6)8(12)13/h4-9,13-15,26H,2-3,10-12H2,1H3;1-4,12-13H/t15-;/m1./s1. The lowest BCUT2D eigenvalue weighted by molar-refractivity contribution is -0.275. The van der Waals surface area contributed by atoms with Crippen molar-refractivity contribution in [2.24, 2.45) is 0 Å². The number of hydrogen-bond donors (Lipinski definition) is 3. The van der Waals surface area contributed by atoms with Gasteiger partial charge in [-0.1, -0.05) is 30.3 Å². The molecule has 0 aliphatic carbocycles. The van der Waals surface area contributed by atoms with E-state index in [0.717, 1.165) is 59.3 Å². The molecule has 1 aliphatic heterocycles. The summed E-state index contributed by atoms with van der Waals surface area (Å²) in [5.41, 5.74) is 4.19. The molecule has 1 fully saturated rings. The lowest BCUT2D eigenvalue weighted by Crippen LogP contribution is -2.29. The number of H-pyrrole nitrogens is 1. The number of aromatic amines is 1. The molecule has 224 valence electrons. The fourth-order valence-corrected chi connectivity index (χ4v) is 4.79. The molecule has 13 heteroatoms. The van der Waals surface area contributed by atoms with E-state index >= 15 is 0 Å². The SMILES string of the molecule is C[C@@H]1CCCN1CCc1cc2cc(-c3ccc(OC(F)(F)F)cc3)ccc2[nH]1.OB(O)c1ccc(OC(F)(F)F)cc1. The maximum absolute atomic E-state index is 12.3. The second kappa shape index (κ2) is 13.1. The zero-order valence-electron chi connectivity index (χ0n) is 22.5. The Morgan fingerprint density at radius 2 is 1.40 bits per heavy atom. The number of fused-ring (bicyclic) bond motifs is 1. The van der Waals surface area contributed by atoms with Gasteiger partial charge in [-0.3, -0.25) is 0 Å². The summed E-state index contributed by atoms with van der Waals surface area (Å²) in [6.45, 7) is 4.52. The summed E-state index contributed by atoms with van der Waals surface area (Å²) in [5, 5.41) is 18.4. The predicted octanol–water partition coefficient (Wildman–Crippen LogP) is 6.03. The maximum atomic E-state index is 12.3. The topological polar surface area (TPSA) is 78.0 Å². The van der Waals surface area contributed by atoms with E-state index in [-0.39, 0.29) is 11.2 Å². The first-order valence-electron chi connectivity index (χ1n) is 13.2. The van der Waals surface area contributed by atoms with Crippen LogP contribution in [0.3, 0.4) is 0 Å². The van der Waals surface area contributed by atoms with Crippen molar-refractivity contribution < 1.29 is 45.9 Å². The Labute approximate surface area is 238 Å². The fourth-order valence-electron chi connectivity index (χ4n) is 4.79. The maximum Gasteiger partial charge on any atom is 0.573 e. The van der Waals surface area contributed by atoms with E-state index in [9.17, 15) is 26.3 Å². The molecule has 1 atom stereocenters. The van der Waals surface area contributed by atoms with Crippen LogP contribution in [0.1, 0.15) is 25.5 Å². The molecule has 42 heavy (non-hydrogen) atoms. The van der Waals surface area contributed by atoms with Crippen molar-refractivity contribution in [2.75, 3.05) is 13.1 Å². The second-order valence-electron chi connectivity index (χ2n) is 9.94. The van der Waals surface area contributed by atoms with Gasteiger partial charge in [0.05, 0.1) is 0 Å². The average molecular weight is 594 g/mol. The number of nitrogens with one attached hydrogen (secondary N) is 1. The highest BCUT2D eigenvalue weighted by Crippen LogP contribution is 2.29. The van der Waals surface area contributed by atoms with Crippen molar-refractivity contribution >= 4 is 23.5 Å². The molecule has 5 rings (SSSR count). The zero-order chi connectivity index (χ0) is 30.5. The highest BCUT2D eigenvalue weighted by atomic mass is 19.4. The van der Waals surface area contributed by atoms with Gasteiger partial charge in [0.15, 0.2) is 0 Å². The third-order valence-corrected chi connectivity index (χ3v) is 6.87. The van der Waals surface area contributed by atoms with Crippen LogP contribution in [0.25, 0.3) is 22.0 Å². The van der Waals surface area contributed by atoms with E-state index in [1.54, 1.807) is 12.1 Å². The Balaban J connectivity index is 0.000000244. The van der Waals surface area contributed by atoms with E-state index in [2.05, 4.69) is 38.4 Å². The molecule has 0 saturated carbocycles. The van der Waals surface area contributed by atoms with Crippen LogP contribution < -0.4 is 14.9 Å². The summed E-state index contributed by atoms with van der Waals surface area (Å²) in [6, 6.07) is 19.1. The highest BCUT2D eigenvalue weighted by Gasteiger charge is 2.31. The molecule has 0 radical (unpaired) electrons. The Morgan fingerprint density at radius 1 is 0.833 bits per heavy atom. The molecule has 2 heterocycles. The van der Waals surface area contributed by atoms with E-state index in [1.807, 2.05) is 12.1 Å². The summed E-state index contributed by atoms with van der Waals surface area (Å²) in [4.78, 5) is 6.01. The molecule has 1 saturated heterocycles. The number of likely N-dealkylation sites (tertiary alicyclic amines) is 1. The van der Waals surface area contributed by atoms with Crippen LogP contribution in [0.4, 0.5) is 26.3 Å². The molecule has 3 N–H and O–H groups in total. The summed E-state index contributed by atoms with van der Waals surface area (Å²) < 4.78 is 79.4. The van der Waals surface area contributed by atoms with Crippen LogP contribution in [0.5, 0.6) is 11.5 Å². The minimum atomic E-state index is -4.74. The minimum Gasteiger partial charge on any atom is -0.423 e. The number of aromatic nitrogens is 1. The molecule has 1 aromatic heterocycles. The van der Waals surface area contributed by atoms with Gasteiger partial charge < -0.3 is 29.4 Å². The van der Waals surface area contributed by atoms with Gasteiger partial charge in [-0.15, -0.1) is 26.3 Å². The van der Waals surface area contributed by atoms with Crippen LogP contribution >= 0.6 is 0 Å². The van der Waals surface area contributed by atoms with Crippen LogP contribution in [-0.2, 0) is 6.42 Å². The van der Waals surface area contributed by atoms with Gasteiger partial charge in [0, 0.05) is 35.6 Å². The number of alkyl halides is 6. The monoisotopic (exact) mass is 594 g/mol. The lowest BCUT2D eigenvalue weighted by Gasteiger charge is -2.20. The second-order valence-corrected chi connectivity index (χ2v) is 9.94. The third-order valence-electron chi connectivity index (χ3n) is 6.87. The number of halogens is 6. The molecule has 1 aliphatic rings. The fraction of sp³-hybridized carbons (Fsp3) is 0.310. The van der Waals surface area contributed by atoms with Crippen molar-refractivity contribution in [2.45, 2.75) is 45.0 Å². The van der Waals surface area contributed by atoms with E-state index in [0.29, 0.717) is 6.04 Å². The Morgan fingerprint density at radius 3 is 1.93 bits per heavy atom. The van der Waals surface area contributed by atoms with Gasteiger partial charge in [-0.2, -0.15) is 0 Å². The van der Waals surface area contributed by atoms with Crippen LogP contribution in [0.2, 0.25) is 0 Å². The van der Waals surface area contributed by atoms with Gasteiger partial charge in [0.2, 0.25) is 0 Å². The predicted molar refractivity (Wildman–Crippen MR) is 147 cm³/mol. The molecule has 0 unspecified atom stereocenters. The highest BCUT2D eigenvalue weighted by molar-refractivity contribution is 6.58. The molecule has 3 aromatic carbocycles. The molecular weight excluding hydrogens is 565 g/mol. The van der Waals surface area contributed by atoms with Gasteiger partial charge >= 0.3 is 19.8 Å². The quantitative estimate of drug-likeness (QED) is 0.180. The zero-order valence-corrected chi connectivity index (χ0v) is 22.5. The largest absolute Gasteiger partial charge is 0.573 e. The van der Waals surface area contributed by atoms with Crippen LogP contribution in [0, 0.1) is 0 Å². The van der Waals surface area contributed by atoms with Gasteiger partial charge in [-0.05, 0) is 85.4 Å². The first-order chi connectivity index (χ1) is 19.8. The van der Waals surface area contributed by atoms with E-state index in [1.165, 1.54) is 37.2 Å². The van der Waals surface area contributed by atoms with Crippen molar-refractivity contribution in [3.05, 3.63) is 78.5 Å². The number of hydrogen-bond acceptors (Lipinski definition) is 5. The van der Waals surface area contributed by atoms with Crippen molar-refractivity contribution in [1.29, 1.82) is 0 Å². The van der Waals surface area contributed by atoms with Crippen molar-refractivity contribution in [3.8, 4) is 22.6 Å². The normalized spacial score (nSPS) is 15.8. The average Bonchev–Trinajstić information content (AvgIpc) is 3.51. The Bertz CT molecular complexity index is 1440. The number of benzene rings is 3. The summed E-state index contributed by atoms with van der Waals surface area (Å²) in [7, 11) is -1.70. The molecule has 0 amide bonds. The number of ether oxygens (including phenoxy) is 2. The summed E-state index contributed by atoms with van der Waals surface area (Å²) >= 11 is 0. The molecule has 0 bridgehead atoms. The lowest BCUT2D eigenvalue weighted by atomic mass is 9.80. The van der Waals surface area contributed by atoms with Crippen LogP contribution in [0.15, 0.2) is 72.8 Å². The number of nitrogens with zero attached hydrogens (tertiary/aromatic N) is 1. The molecule has 4 aromatic rings. The first kappa shape index (κ1) is 31.3.